The fourth-order valence-corrected chi connectivity index (χ4v) is 1.94. The molecule has 0 N–H and O–H groups in total. The van der Waals surface area contributed by atoms with Gasteiger partial charge >= 0.3 is 0 Å². The minimum Gasteiger partial charge on any atom is -0.265 e. The topological polar surface area (TPSA) is 12.9 Å². The van der Waals surface area contributed by atoms with Gasteiger partial charge in [0.25, 0.3) is 0 Å². The van der Waals surface area contributed by atoms with Crippen LogP contribution < -0.4 is 0 Å². The Labute approximate surface area is 93.9 Å². The highest BCUT2D eigenvalue weighted by molar-refractivity contribution is 5.10. The van der Waals surface area contributed by atoms with E-state index in [-0.39, 0.29) is 0 Å². The molecule has 0 aliphatic carbocycles. The summed E-state index contributed by atoms with van der Waals surface area (Å²) >= 11 is 0. The van der Waals surface area contributed by atoms with E-state index in [1.165, 1.54) is 44.1 Å². The summed E-state index contributed by atoms with van der Waals surface area (Å²) in [7, 11) is 0. The third-order valence-corrected chi connectivity index (χ3v) is 2.88. The molecule has 0 fully saturated rings. The number of pyridine rings is 1. The monoisotopic (exact) mass is 205 g/mol. The summed E-state index contributed by atoms with van der Waals surface area (Å²) in [6, 6.07) is 4.26. The third kappa shape index (κ3) is 5.56. The first-order valence-electron chi connectivity index (χ1n) is 6.21. The lowest BCUT2D eigenvalue weighted by atomic mass is 9.96. The summed E-state index contributed by atoms with van der Waals surface area (Å²) in [5.74, 6) is 0.809. The highest BCUT2D eigenvalue weighted by atomic mass is 14.6. The number of aromatic nitrogens is 1. The molecule has 0 aliphatic rings. The van der Waals surface area contributed by atoms with Crippen LogP contribution in [0, 0.1) is 5.92 Å². The van der Waals surface area contributed by atoms with E-state index in [1.807, 2.05) is 12.4 Å². The molecule has 0 aliphatic heterocycles. The molecule has 1 rings (SSSR count). The van der Waals surface area contributed by atoms with Gasteiger partial charge in [0.2, 0.25) is 0 Å². The molecule has 1 aromatic rings. The van der Waals surface area contributed by atoms with Crippen molar-refractivity contribution in [2.45, 2.75) is 52.4 Å². The molecular formula is C14H23N. The van der Waals surface area contributed by atoms with E-state index in [2.05, 4.69) is 31.0 Å². The van der Waals surface area contributed by atoms with Crippen molar-refractivity contribution in [1.82, 2.24) is 4.98 Å². The molecule has 1 nitrogen and oxygen atoms in total. The molecule has 1 aromatic heterocycles. The summed E-state index contributed by atoms with van der Waals surface area (Å²) in [6.07, 6.45) is 11.9. The van der Waals surface area contributed by atoms with Crippen molar-refractivity contribution in [3.05, 3.63) is 30.1 Å². The van der Waals surface area contributed by atoms with Crippen LogP contribution in [-0.4, -0.2) is 4.98 Å². The molecule has 0 amide bonds. The third-order valence-electron chi connectivity index (χ3n) is 2.88. The predicted molar refractivity (Wildman–Crippen MR) is 65.9 cm³/mol. The van der Waals surface area contributed by atoms with E-state index in [0.29, 0.717) is 0 Å². The van der Waals surface area contributed by atoms with Gasteiger partial charge in [-0.3, -0.25) is 4.98 Å². The Hall–Kier alpha value is -0.850. The smallest absolute Gasteiger partial charge is 0.0270 e. The standard InChI is InChI=1S/C14H23N/c1-3-4-5-6-7-13(2)12-14-8-10-15-11-9-14/h8-11,13H,3-7,12H2,1-2H3. The average molecular weight is 205 g/mol. The SMILES string of the molecule is CCCCCCC(C)Cc1ccncc1. The normalized spacial score (nSPS) is 12.7. The van der Waals surface area contributed by atoms with Crippen molar-refractivity contribution in [2.75, 3.05) is 0 Å². The first kappa shape index (κ1) is 12.2. The second-order valence-corrected chi connectivity index (χ2v) is 4.51. The van der Waals surface area contributed by atoms with Crippen LogP contribution in [0.15, 0.2) is 24.5 Å². The van der Waals surface area contributed by atoms with Crippen LogP contribution >= 0.6 is 0 Å². The van der Waals surface area contributed by atoms with Crippen LogP contribution in [0.1, 0.15) is 51.5 Å². The van der Waals surface area contributed by atoms with Crippen molar-refractivity contribution < 1.29 is 0 Å². The van der Waals surface area contributed by atoms with Crippen LogP contribution in [0.5, 0.6) is 0 Å². The van der Waals surface area contributed by atoms with E-state index in [9.17, 15) is 0 Å². The van der Waals surface area contributed by atoms with E-state index in [0.717, 1.165) is 5.92 Å². The van der Waals surface area contributed by atoms with Gasteiger partial charge in [-0.05, 0) is 30.0 Å². The summed E-state index contributed by atoms with van der Waals surface area (Å²) in [6.45, 7) is 4.62. The Balaban J connectivity index is 2.16. The van der Waals surface area contributed by atoms with Crippen molar-refractivity contribution in [3.8, 4) is 0 Å². The van der Waals surface area contributed by atoms with Crippen LogP contribution in [0.3, 0.4) is 0 Å². The summed E-state index contributed by atoms with van der Waals surface area (Å²) in [5.41, 5.74) is 1.42. The lowest BCUT2D eigenvalue weighted by molar-refractivity contribution is 0.487. The molecule has 1 heterocycles. The van der Waals surface area contributed by atoms with Crippen molar-refractivity contribution in [1.29, 1.82) is 0 Å². The van der Waals surface area contributed by atoms with Gasteiger partial charge in [-0.1, -0.05) is 46.0 Å². The van der Waals surface area contributed by atoms with Crippen molar-refractivity contribution in [2.24, 2.45) is 5.92 Å². The molecule has 0 bridgehead atoms. The Morgan fingerprint density at radius 3 is 2.53 bits per heavy atom. The lowest BCUT2D eigenvalue weighted by Gasteiger charge is -2.10. The summed E-state index contributed by atoms with van der Waals surface area (Å²) < 4.78 is 0. The molecule has 1 heteroatoms. The Morgan fingerprint density at radius 1 is 1.13 bits per heavy atom. The molecular weight excluding hydrogens is 182 g/mol. The van der Waals surface area contributed by atoms with Crippen molar-refractivity contribution in [3.63, 3.8) is 0 Å². The van der Waals surface area contributed by atoms with Gasteiger partial charge in [0, 0.05) is 12.4 Å². The van der Waals surface area contributed by atoms with Crippen LogP contribution in [0.4, 0.5) is 0 Å². The van der Waals surface area contributed by atoms with Crippen LogP contribution in [0.2, 0.25) is 0 Å². The lowest BCUT2D eigenvalue weighted by Crippen LogP contribution is -1.99. The molecule has 1 atom stereocenters. The van der Waals surface area contributed by atoms with Crippen LogP contribution in [0.25, 0.3) is 0 Å². The maximum atomic E-state index is 4.04. The molecule has 0 saturated carbocycles. The maximum absolute atomic E-state index is 4.04. The maximum Gasteiger partial charge on any atom is 0.0270 e. The van der Waals surface area contributed by atoms with Gasteiger partial charge in [-0.2, -0.15) is 0 Å². The van der Waals surface area contributed by atoms with Gasteiger partial charge in [0.15, 0.2) is 0 Å². The quantitative estimate of drug-likeness (QED) is 0.607. The highest BCUT2D eigenvalue weighted by Gasteiger charge is 2.02. The zero-order valence-electron chi connectivity index (χ0n) is 10.1. The second-order valence-electron chi connectivity index (χ2n) is 4.51. The largest absolute Gasteiger partial charge is 0.265 e. The fraction of sp³-hybridized carbons (Fsp3) is 0.643. The minimum atomic E-state index is 0.809. The predicted octanol–water partition coefficient (Wildman–Crippen LogP) is 4.23. The first-order chi connectivity index (χ1) is 7.33. The fourth-order valence-electron chi connectivity index (χ4n) is 1.94. The van der Waals surface area contributed by atoms with E-state index in [1.54, 1.807) is 0 Å². The number of unbranched alkanes of at least 4 members (excludes halogenated alkanes) is 3. The number of hydrogen-bond acceptors (Lipinski definition) is 1. The van der Waals surface area contributed by atoms with E-state index >= 15 is 0 Å². The Morgan fingerprint density at radius 2 is 1.87 bits per heavy atom. The molecule has 0 radical (unpaired) electrons. The van der Waals surface area contributed by atoms with Crippen molar-refractivity contribution >= 4 is 0 Å². The van der Waals surface area contributed by atoms with Crippen LogP contribution in [-0.2, 0) is 6.42 Å². The zero-order valence-corrected chi connectivity index (χ0v) is 10.1. The molecule has 0 saturated heterocycles. The Kier molecular flexibility index (Phi) is 6.06. The molecule has 1 unspecified atom stereocenters. The number of nitrogens with zero attached hydrogens (tertiary/aromatic N) is 1. The summed E-state index contributed by atoms with van der Waals surface area (Å²) in [5, 5.41) is 0. The number of hydrogen-bond donors (Lipinski definition) is 0. The van der Waals surface area contributed by atoms with Gasteiger partial charge < -0.3 is 0 Å². The summed E-state index contributed by atoms with van der Waals surface area (Å²) in [4.78, 5) is 4.04. The van der Waals surface area contributed by atoms with E-state index < -0.39 is 0 Å². The van der Waals surface area contributed by atoms with Gasteiger partial charge in [0.1, 0.15) is 0 Å². The first-order valence-corrected chi connectivity index (χ1v) is 6.21. The molecule has 0 aromatic carbocycles. The van der Waals surface area contributed by atoms with Gasteiger partial charge in [-0.15, -0.1) is 0 Å². The molecule has 0 spiro atoms. The zero-order chi connectivity index (χ0) is 10.9. The van der Waals surface area contributed by atoms with Gasteiger partial charge in [-0.25, -0.2) is 0 Å². The second kappa shape index (κ2) is 7.44. The number of rotatable bonds is 7. The molecule has 15 heavy (non-hydrogen) atoms. The minimum absolute atomic E-state index is 0.809. The van der Waals surface area contributed by atoms with Gasteiger partial charge in [0.05, 0.1) is 0 Å². The average Bonchev–Trinajstić information content (AvgIpc) is 2.26. The molecule has 84 valence electrons. The van der Waals surface area contributed by atoms with E-state index in [4.69, 9.17) is 0 Å². The Bertz CT molecular complexity index is 243. The highest BCUT2D eigenvalue weighted by Crippen LogP contribution is 2.15.